The summed E-state index contributed by atoms with van der Waals surface area (Å²) in [5, 5.41) is 10.1. The van der Waals surface area contributed by atoms with Crippen molar-refractivity contribution in [1.82, 2.24) is 0 Å². The molecule has 0 bridgehead atoms. The highest BCUT2D eigenvalue weighted by atomic mass is 35.5. The SMILES string of the molecule is CC(CC=O)c1c(O)c(Cl)cc2c1OCO2. The lowest BCUT2D eigenvalue weighted by Crippen LogP contribution is -1.99. The Morgan fingerprint density at radius 1 is 1.62 bits per heavy atom. The van der Waals surface area contributed by atoms with Crippen molar-refractivity contribution in [3.63, 3.8) is 0 Å². The van der Waals surface area contributed by atoms with Gasteiger partial charge < -0.3 is 19.4 Å². The highest BCUT2D eigenvalue weighted by molar-refractivity contribution is 6.32. The Bertz CT molecular complexity index is 430. The summed E-state index contributed by atoms with van der Waals surface area (Å²) in [5.74, 6) is 0.790. The number of carbonyl (C=O) groups excluding carboxylic acids is 1. The molecule has 0 saturated heterocycles. The maximum atomic E-state index is 10.5. The molecule has 1 atom stereocenters. The first-order chi connectivity index (χ1) is 7.65. The number of aromatic hydroxyl groups is 1. The first-order valence-corrected chi connectivity index (χ1v) is 5.27. The van der Waals surface area contributed by atoms with Crippen LogP contribution < -0.4 is 9.47 Å². The Morgan fingerprint density at radius 3 is 3.06 bits per heavy atom. The van der Waals surface area contributed by atoms with Gasteiger partial charge in [0.1, 0.15) is 12.0 Å². The van der Waals surface area contributed by atoms with Crippen molar-refractivity contribution in [3.8, 4) is 17.2 Å². The van der Waals surface area contributed by atoms with Gasteiger partial charge in [-0.1, -0.05) is 18.5 Å². The van der Waals surface area contributed by atoms with E-state index in [0.29, 0.717) is 23.5 Å². The van der Waals surface area contributed by atoms with E-state index in [-0.39, 0.29) is 23.5 Å². The first kappa shape index (κ1) is 11.1. The average molecular weight is 243 g/mol. The number of hydrogen-bond acceptors (Lipinski definition) is 4. The molecule has 0 aliphatic carbocycles. The molecule has 1 aromatic rings. The molecule has 1 aromatic carbocycles. The van der Waals surface area contributed by atoms with Crippen molar-refractivity contribution >= 4 is 17.9 Å². The Balaban J connectivity index is 2.53. The number of halogens is 1. The van der Waals surface area contributed by atoms with Gasteiger partial charge in [0.15, 0.2) is 11.5 Å². The zero-order chi connectivity index (χ0) is 11.7. The molecule has 4 nitrogen and oxygen atoms in total. The monoisotopic (exact) mass is 242 g/mol. The Hall–Kier alpha value is -1.42. The van der Waals surface area contributed by atoms with E-state index in [4.69, 9.17) is 21.1 Å². The Labute approximate surface area is 97.7 Å². The summed E-state index contributed by atoms with van der Waals surface area (Å²) in [5.41, 5.74) is 0.534. The van der Waals surface area contributed by atoms with E-state index in [2.05, 4.69) is 0 Å². The zero-order valence-electron chi connectivity index (χ0n) is 8.70. The highest BCUT2D eigenvalue weighted by Crippen LogP contribution is 2.48. The van der Waals surface area contributed by atoms with Crippen molar-refractivity contribution in [1.29, 1.82) is 0 Å². The summed E-state index contributed by atoms with van der Waals surface area (Å²) in [4.78, 5) is 10.5. The van der Waals surface area contributed by atoms with E-state index in [1.54, 1.807) is 0 Å². The topological polar surface area (TPSA) is 55.8 Å². The van der Waals surface area contributed by atoms with E-state index < -0.39 is 0 Å². The normalized spacial score (nSPS) is 14.9. The third-order valence-electron chi connectivity index (χ3n) is 2.57. The number of hydrogen-bond donors (Lipinski definition) is 1. The molecule has 0 fully saturated rings. The second-order valence-electron chi connectivity index (χ2n) is 3.66. The van der Waals surface area contributed by atoms with Gasteiger partial charge in [0, 0.05) is 18.1 Å². The average Bonchev–Trinajstić information content (AvgIpc) is 2.67. The van der Waals surface area contributed by atoms with Crippen LogP contribution in [0.25, 0.3) is 0 Å². The number of aldehydes is 1. The van der Waals surface area contributed by atoms with Gasteiger partial charge in [-0.05, 0) is 5.92 Å². The number of fused-ring (bicyclic) bond motifs is 1. The van der Waals surface area contributed by atoms with Gasteiger partial charge in [0.25, 0.3) is 0 Å². The van der Waals surface area contributed by atoms with Crippen LogP contribution >= 0.6 is 11.6 Å². The van der Waals surface area contributed by atoms with Crippen LogP contribution in [0.3, 0.4) is 0 Å². The molecule has 1 unspecified atom stereocenters. The molecule has 16 heavy (non-hydrogen) atoms. The van der Waals surface area contributed by atoms with Crippen LogP contribution in [0, 0.1) is 0 Å². The predicted molar refractivity (Wildman–Crippen MR) is 58.3 cm³/mol. The van der Waals surface area contributed by atoms with Crippen LogP contribution in [-0.2, 0) is 4.79 Å². The van der Waals surface area contributed by atoms with E-state index in [9.17, 15) is 9.90 Å². The van der Waals surface area contributed by atoms with E-state index in [0.717, 1.165) is 6.29 Å². The van der Waals surface area contributed by atoms with Gasteiger partial charge in [-0.15, -0.1) is 0 Å². The molecule has 86 valence electrons. The highest BCUT2D eigenvalue weighted by Gasteiger charge is 2.26. The van der Waals surface area contributed by atoms with Crippen molar-refractivity contribution in [2.75, 3.05) is 6.79 Å². The minimum Gasteiger partial charge on any atom is -0.506 e. The molecule has 0 amide bonds. The summed E-state index contributed by atoms with van der Waals surface area (Å²) >= 11 is 5.87. The Morgan fingerprint density at radius 2 is 2.38 bits per heavy atom. The van der Waals surface area contributed by atoms with E-state index in [1.807, 2.05) is 6.92 Å². The number of phenols is 1. The lowest BCUT2D eigenvalue weighted by molar-refractivity contribution is -0.108. The van der Waals surface area contributed by atoms with Crippen LogP contribution in [-0.4, -0.2) is 18.2 Å². The molecular weight excluding hydrogens is 232 g/mol. The summed E-state index contributed by atoms with van der Waals surface area (Å²) in [6.45, 7) is 1.93. The quantitative estimate of drug-likeness (QED) is 0.828. The van der Waals surface area contributed by atoms with Gasteiger partial charge in [0.2, 0.25) is 6.79 Å². The number of ether oxygens (including phenoxy) is 2. The molecule has 0 spiro atoms. The van der Waals surface area contributed by atoms with Gasteiger partial charge in [-0.3, -0.25) is 0 Å². The fourth-order valence-electron chi connectivity index (χ4n) is 1.75. The standard InChI is InChI=1S/C11H11ClO4/c1-6(2-3-13)9-10(14)7(12)4-8-11(9)16-5-15-8/h3-4,6,14H,2,5H2,1H3. The smallest absolute Gasteiger partial charge is 0.231 e. The lowest BCUT2D eigenvalue weighted by atomic mass is 9.96. The molecule has 1 N–H and O–H groups in total. The molecule has 5 heteroatoms. The molecular formula is C11H11ClO4. The van der Waals surface area contributed by atoms with Crippen molar-refractivity contribution in [2.24, 2.45) is 0 Å². The lowest BCUT2D eigenvalue weighted by Gasteiger charge is -2.14. The van der Waals surface area contributed by atoms with E-state index in [1.165, 1.54) is 6.07 Å². The molecule has 1 aliphatic rings. The van der Waals surface area contributed by atoms with Crippen LogP contribution in [0.5, 0.6) is 17.2 Å². The molecule has 1 heterocycles. The number of carbonyl (C=O) groups is 1. The van der Waals surface area contributed by atoms with Gasteiger partial charge >= 0.3 is 0 Å². The number of rotatable bonds is 3. The predicted octanol–water partition coefficient (Wildman–Crippen LogP) is 2.47. The van der Waals surface area contributed by atoms with Crippen molar-refractivity contribution < 1.29 is 19.4 Å². The van der Waals surface area contributed by atoms with E-state index >= 15 is 0 Å². The Kier molecular flexibility index (Phi) is 2.92. The van der Waals surface area contributed by atoms with Crippen molar-refractivity contribution in [2.45, 2.75) is 19.3 Å². The summed E-state index contributed by atoms with van der Waals surface area (Å²) in [6.07, 6.45) is 1.09. The largest absolute Gasteiger partial charge is 0.506 e. The van der Waals surface area contributed by atoms with Crippen LogP contribution in [0.4, 0.5) is 0 Å². The van der Waals surface area contributed by atoms with Gasteiger partial charge in [-0.2, -0.15) is 0 Å². The summed E-state index contributed by atoms with van der Waals surface area (Å²) in [7, 11) is 0. The van der Waals surface area contributed by atoms with Crippen LogP contribution in [0.1, 0.15) is 24.8 Å². The minimum atomic E-state index is -0.161. The second kappa shape index (κ2) is 4.22. The van der Waals surface area contributed by atoms with Crippen molar-refractivity contribution in [3.05, 3.63) is 16.7 Å². The third-order valence-corrected chi connectivity index (χ3v) is 2.86. The van der Waals surface area contributed by atoms with Crippen LogP contribution in [0.2, 0.25) is 5.02 Å². The summed E-state index contributed by atoms with van der Waals surface area (Å²) in [6, 6.07) is 1.51. The van der Waals surface area contributed by atoms with Gasteiger partial charge in [-0.25, -0.2) is 0 Å². The zero-order valence-corrected chi connectivity index (χ0v) is 9.45. The third kappa shape index (κ3) is 1.69. The second-order valence-corrected chi connectivity index (χ2v) is 4.07. The maximum absolute atomic E-state index is 10.5. The van der Waals surface area contributed by atoms with Gasteiger partial charge in [0.05, 0.1) is 5.02 Å². The minimum absolute atomic E-state index is 0.0414. The first-order valence-electron chi connectivity index (χ1n) is 4.89. The summed E-state index contributed by atoms with van der Waals surface area (Å²) < 4.78 is 10.5. The molecule has 2 rings (SSSR count). The molecule has 0 saturated carbocycles. The number of phenolic OH excluding ortho intramolecular Hbond substituents is 1. The molecule has 1 aliphatic heterocycles. The fourth-order valence-corrected chi connectivity index (χ4v) is 1.95. The molecule has 0 radical (unpaired) electrons. The van der Waals surface area contributed by atoms with Crippen LogP contribution in [0.15, 0.2) is 6.07 Å². The molecule has 0 aromatic heterocycles. The fraction of sp³-hybridized carbons (Fsp3) is 0.364. The number of benzene rings is 1. The maximum Gasteiger partial charge on any atom is 0.231 e.